The zero-order valence-corrected chi connectivity index (χ0v) is 18.7. The summed E-state index contributed by atoms with van der Waals surface area (Å²) in [6.07, 6.45) is 0. The summed E-state index contributed by atoms with van der Waals surface area (Å²) >= 11 is 5.96. The molecule has 0 saturated carbocycles. The molecule has 0 fully saturated rings. The Hall–Kier alpha value is -4.41. The highest BCUT2D eigenvalue weighted by atomic mass is 35.5. The third kappa shape index (κ3) is 4.53. The van der Waals surface area contributed by atoms with Gasteiger partial charge in [-0.1, -0.05) is 48.0 Å². The Labute approximate surface area is 199 Å². The van der Waals surface area contributed by atoms with E-state index in [4.69, 9.17) is 26.0 Å². The quantitative estimate of drug-likeness (QED) is 0.405. The van der Waals surface area contributed by atoms with E-state index in [0.29, 0.717) is 22.6 Å². The Balaban J connectivity index is 1.57. The van der Waals surface area contributed by atoms with Crippen LogP contribution in [0.2, 0.25) is 5.02 Å². The number of halogens is 1. The average molecular weight is 473 g/mol. The fourth-order valence-electron chi connectivity index (χ4n) is 3.42. The Morgan fingerprint density at radius 3 is 2.56 bits per heavy atom. The maximum absolute atomic E-state index is 12.9. The van der Waals surface area contributed by atoms with Crippen molar-refractivity contribution in [3.8, 4) is 17.4 Å². The number of ether oxygens (including phenoxy) is 1. The van der Waals surface area contributed by atoms with Crippen molar-refractivity contribution >= 4 is 40.1 Å². The zero-order chi connectivity index (χ0) is 24.2. The van der Waals surface area contributed by atoms with E-state index >= 15 is 0 Å². The van der Waals surface area contributed by atoms with Gasteiger partial charge in [-0.25, -0.2) is 4.79 Å². The molecular formula is C26H17ClN2O5. The number of carbonyl (C=O) groups excluding carboxylic acids is 2. The molecule has 7 nitrogen and oxygen atoms in total. The first-order chi connectivity index (χ1) is 16.4. The van der Waals surface area contributed by atoms with Crippen LogP contribution < -0.4 is 10.7 Å². The zero-order valence-electron chi connectivity index (χ0n) is 17.9. The van der Waals surface area contributed by atoms with Crippen LogP contribution in [0.1, 0.15) is 21.5 Å². The summed E-state index contributed by atoms with van der Waals surface area (Å²) in [5.41, 5.74) is 1.59. The van der Waals surface area contributed by atoms with Gasteiger partial charge in [-0.05, 0) is 37.3 Å². The molecule has 1 amide bonds. The van der Waals surface area contributed by atoms with Gasteiger partial charge in [-0.3, -0.25) is 9.59 Å². The van der Waals surface area contributed by atoms with Gasteiger partial charge in [0.1, 0.15) is 17.4 Å². The van der Waals surface area contributed by atoms with Gasteiger partial charge in [0.05, 0.1) is 16.0 Å². The van der Waals surface area contributed by atoms with Crippen molar-refractivity contribution in [2.75, 3.05) is 11.9 Å². The van der Waals surface area contributed by atoms with Crippen molar-refractivity contribution in [2.45, 2.75) is 6.92 Å². The van der Waals surface area contributed by atoms with Gasteiger partial charge >= 0.3 is 5.97 Å². The van der Waals surface area contributed by atoms with Crippen molar-refractivity contribution < 1.29 is 18.7 Å². The third-order valence-electron chi connectivity index (χ3n) is 5.11. The molecular weight excluding hydrogens is 456 g/mol. The molecule has 0 aliphatic rings. The number of carbonyl (C=O) groups is 2. The number of hydrogen-bond acceptors (Lipinski definition) is 6. The lowest BCUT2D eigenvalue weighted by Crippen LogP contribution is -2.21. The Kier molecular flexibility index (Phi) is 6.44. The number of anilines is 1. The van der Waals surface area contributed by atoms with Gasteiger partial charge < -0.3 is 14.5 Å². The average Bonchev–Trinajstić information content (AvgIpc) is 2.85. The molecule has 3 aromatic carbocycles. The van der Waals surface area contributed by atoms with Crippen LogP contribution in [0, 0.1) is 18.3 Å². The molecule has 0 bridgehead atoms. The van der Waals surface area contributed by atoms with Crippen molar-refractivity contribution in [1.29, 1.82) is 5.26 Å². The Bertz CT molecular complexity index is 1520. The summed E-state index contributed by atoms with van der Waals surface area (Å²) in [7, 11) is 0. The van der Waals surface area contributed by atoms with Crippen LogP contribution in [0.5, 0.6) is 0 Å². The summed E-state index contributed by atoms with van der Waals surface area (Å²) < 4.78 is 11.2. The number of amides is 1. The number of benzene rings is 3. The van der Waals surface area contributed by atoms with Crippen LogP contribution in [-0.4, -0.2) is 18.5 Å². The summed E-state index contributed by atoms with van der Waals surface area (Å²) in [6, 6.07) is 20.0. The van der Waals surface area contributed by atoms with Gasteiger partial charge in [-0.15, -0.1) is 0 Å². The third-order valence-corrected chi connectivity index (χ3v) is 5.42. The topological polar surface area (TPSA) is 109 Å². The van der Waals surface area contributed by atoms with Crippen LogP contribution >= 0.6 is 11.6 Å². The van der Waals surface area contributed by atoms with Crippen molar-refractivity contribution in [1.82, 2.24) is 0 Å². The maximum Gasteiger partial charge on any atom is 0.342 e. The molecule has 0 saturated heterocycles. The molecule has 1 N–H and O–H groups in total. The van der Waals surface area contributed by atoms with Gasteiger partial charge in [0, 0.05) is 16.8 Å². The monoisotopic (exact) mass is 472 g/mol. The normalized spacial score (nSPS) is 10.5. The van der Waals surface area contributed by atoms with E-state index in [0.717, 1.165) is 0 Å². The molecule has 0 spiro atoms. The molecule has 0 atom stereocenters. The highest BCUT2D eigenvalue weighted by Crippen LogP contribution is 2.27. The SMILES string of the molecule is Cc1c(-c2ccccc2)oc2c(C(=O)OCC(=O)Nc3ccc(C#N)c(Cl)c3)cccc2c1=O. The van der Waals surface area contributed by atoms with E-state index < -0.39 is 18.5 Å². The lowest BCUT2D eigenvalue weighted by atomic mass is 10.0. The predicted octanol–water partition coefficient (Wildman–Crippen LogP) is 5.09. The van der Waals surface area contributed by atoms with E-state index in [1.54, 1.807) is 31.2 Å². The first kappa shape index (κ1) is 22.8. The van der Waals surface area contributed by atoms with Crippen LogP contribution in [0.25, 0.3) is 22.3 Å². The predicted molar refractivity (Wildman–Crippen MR) is 128 cm³/mol. The van der Waals surface area contributed by atoms with Gasteiger partial charge in [0.15, 0.2) is 17.6 Å². The highest BCUT2D eigenvalue weighted by Gasteiger charge is 2.20. The van der Waals surface area contributed by atoms with Gasteiger partial charge in [-0.2, -0.15) is 5.26 Å². The number of hydrogen-bond donors (Lipinski definition) is 1. The minimum atomic E-state index is -0.815. The number of nitrogens with zero attached hydrogens (tertiary/aromatic N) is 1. The number of fused-ring (bicyclic) bond motifs is 1. The highest BCUT2D eigenvalue weighted by molar-refractivity contribution is 6.32. The van der Waals surface area contributed by atoms with Crippen molar-refractivity contribution in [3.63, 3.8) is 0 Å². The molecule has 0 radical (unpaired) electrons. The molecule has 168 valence electrons. The molecule has 1 aromatic heterocycles. The van der Waals surface area contributed by atoms with Crippen LogP contribution in [-0.2, 0) is 9.53 Å². The largest absolute Gasteiger partial charge is 0.455 e. The molecule has 4 rings (SSSR count). The minimum Gasteiger partial charge on any atom is -0.455 e. The van der Waals surface area contributed by atoms with Crippen LogP contribution in [0.4, 0.5) is 5.69 Å². The second-order valence-corrected chi connectivity index (χ2v) is 7.77. The number of nitriles is 1. The second kappa shape index (κ2) is 9.61. The van der Waals surface area contributed by atoms with E-state index in [9.17, 15) is 14.4 Å². The molecule has 0 aliphatic heterocycles. The maximum atomic E-state index is 12.9. The van der Waals surface area contributed by atoms with E-state index in [1.165, 1.54) is 24.3 Å². The van der Waals surface area contributed by atoms with Gasteiger partial charge in [0.2, 0.25) is 0 Å². The fourth-order valence-corrected chi connectivity index (χ4v) is 3.65. The van der Waals surface area contributed by atoms with Crippen LogP contribution in [0.3, 0.4) is 0 Å². The van der Waals surface area contributed by atoms with Crippen molar-refractivity contribution in [3.05, 3.63) is 98.7 Å². The number of nitrogens with one attached hydrogen (secondary N) is 1. The second-order valence-electron chi connectivity index (χ2n) is 7.36. The molecule has 34 heavy (non-hydrogen) atoms. The van der Waals surface area contributed by atoms with Crippen molar-refractivity contribution in [2.24, 2.45) is 0 Å². The summed E-state index contributed by atoms with van der Waals surface area (Å²) in [4.78, 5) is 38.0. The standard InChI is InChI=1S/C26H17ClN2O5/c1-15-23(31)19-8-5-9-20(25(19)34-24(15)16-6-3-2-4-7-16)26(32)33-14-22(30)29-18-11-10-17(13-28)21(27)12-18/h2-12H,14H2,1H3,(H,29,30). The van der Waals surface area contributed by atoms with E-state index in [2.05, 4.69) is 5.32 Å². The molecule has 8 heteroatoms. The summed E-state index contributed by atoms with van der Waals surface area (Å²) in [5, 5.41) is 11.9. The summed E-state index contributed by atoms with van der Waals surface area (Å²) in [5.74, 6) is -1.06. The first-order valence-corrected chi connectivity index (χ1v) is 10.6. The van der Waals surface area contributed by atoms with E-state index in [1.807, 2.05) is 24.3 Å². The molecule has 4 aromatic rings. The fraction of sp³-hybridized carbons (Fsp3) is 0.0769. The first-order valence-electron chi connectivity index (χ1n) is 10.2. The molecule has 0 aliphatic carbocycles. The number of rotatable bonds is 5. The summed E-state index contributed by atoms with van der Waals surface area (Å²) in [6.45, 7) is 1.09. The Morgan fingerprint density at radius 2 is 1.85 bits per heavy atom. The molecule has 1 heterocycles. The smallest absolute Gasteiger partial charge is 0.342 e. The van der Waals surface area contributed by atoms with Crippen LogP contribution in [0.15, 0.2) is 75.9 Å². The minimum absolute atomic E-state index is 0.0287. The number of esters is 1. The molecule has 0 unspecified atom stereocenters. The Morgan fingerprint density at radius 1 is 1.09 bits per heavy atom. The lowest BCUT2D eigenvalue weighted by Gasteiger charge is -2.11. The van der Waals surface area contributed by atoms with Gasteiger partial charge in [0.25, 0.3) is 5.91 Å². The van der Waals surface area contributed by atoms with E-state index in [-0.39, 0.29) is 32.5 Å². The number of para-hydroxylation sites is 1. The lowest BCUT2D eigenvalue weighted by molar-refractivity contribution is -0.119.